The van der Waals surface area contributed by atoms with E-state index >= 15 is 0 Å². The Labute approximate surface area is 135 Å². The van der Waals surface area contributed by atoms with Crippen LogP contribution in [0, 0.1) is 0 Å². The van der Waals surface area contributed by atoms with Crippen molar-refractivity contribution in [3.05, 3.63) is 34.3 Å². The van der Waals surface area contributed by atoms with Crippen LogP contribution in [-0.2, 0) is 11.2 Å². The van der Waals surface area contributed by atoms with E-state index < -0.39 is 0 Å². The van der Waals surface area contributed by atoms with Gasteiger partial charge in [-0.05, 0) is 44.0 Å². The molecule has 1 aromatic carbocycles. The second kappa shape index (κ2) is 8.65. The molecular weight excluding hydrogens is 340 g/mol. The molecule has 0 spiro atoms. The minimum atomic E-state index is 0. The zero-order valence-corrected chi connectivity index (χ0v) is 14.2. The first kappa shape index (κ1) is 17.5. The molecule has 20 heavy (non-hydrogen) atoms. The lowest BCUT2D eigenvalue weighted by atomic mass is 10.0. The van der Waals surface area contributed by atoms with E-state index in [4.69, 9.17) is 0 Å². The van der Waals surface area contributed by atoms with Crippen LogP contribution >= 0.6 is 28.3 Å². The molecule has 1 N–H and O–H groups in total. The Balaban J connectivity index is 0.00000200. The second-order valence-corrected chi connectivity index (χ2v) is 6.01. The summed E-state index contributed by atoms with van der Waals surface area (Å²) in [5, 5.41) is 3.27. The number of aryl methyl sites for hydroxylation is 1. The van der Waals surface area contributed by atoms with Crippen molar-refractivity contribution >= 4 is 34.2 Å². The first-order chi connectivity index (χ1) is 9.19. The topological polar surface area (TPSA) is 32.3 Å². The maximum atomic E-state index is 12.2. The highest BCUT2D eigenvalue weighted by Gasteiger charge is 2.21. The molecule has 5 heteroatoms. The van der Waals surface area contributed by atoms with Gasteiger partial charge < -0.3 is 10.2 Å². The Morgan fingerprint density at radius 1 is 1.50 bits per heavy atom. The molecule has 1 aliphatic heterocycles. The van der Waals surface area contributed by atoms with E-state index in [1.807, 2.05) is 24.1 Å². The maximum absolute atomic E-state index is 12.2. The summed E-state index contributed by atoms with van der Waals surface area (Å²) in [5.74, 6) is 0.278. The van der Waals surface area contributed by atoms with Crippen LogP contribution in [0.1, 0.15) is 24.8 Å². The van der Waals surface area contributed by atoms with E-state index in [1.54, 1.807) is 0 Å². The minimum Gasteiger partial charge on any atom is -0.341 e. The Bertz CT molecular complexity index is 442. The van der Waals surface area contributed by atoms with Crippen LogP contribution in [0.4, 0.5) is 0 Å². The van der Waals surface area contributed by atoms with Gasteiger partial charge in [0.1, 0.15) is 0 Å². The van der Waals surface area contributed by atoms with Gasteiger partial charge in [-0.15, -0.1) is 12.4 Å². The molecule has 1 aromatic rings. The Morgan fingerprint density at radius 3 is 3.00 bits per heavy atom. The van der Waals surface area contributed by atoms with E-state index in [0.717, 1.165) is 30.4 Å². The van der Waals surface area contributed by atoms with Crippen molar-refractivity contribution in [3.8, 4) is 0 Å². The van der Waals surface area contributed by atoms with Crippen molar-refractivity contribution in [3.63, 3.8) is 0 Å². The lowest BCUT2D eigenvalue weighted by Crippen LogP contribution is -2.47. The number of piperidine rings is 1. The van der Waals surface area contributed by atoms with E-state index in [2.05, 4.69) is 33.4 Å². The number of carbonyl (C=O) groups excluding carboxylic acids is 1. The summed E-state index contributed by atoms with van der Waals surface area (Å²) in [6.07, 6.45) is 3.70. The molecular formula is C15H22BrClN2O. The molecule has 1 atom stereocenters. The summed E-state index contributed by atoms with van der Waals surface area (Å²) in [6, 6.07) is 8.64. The van der Waals surface area contributed by atoms with Crippen molar-refractivity contribution in [1.29, 1.82) is 0 Å². The fourth-order valence-electron chi connectivity index (χ4n) is 2.54. The van der Waals surface area contributed by atoms with Crippen molar-refractivity contribution in [2.45, 2.75) is 31.7 Å². The first-order valence-electron chi connectivity index (χ1n) is 6.88. The van der Waals surface area contributed by atoms with Gasteiger partial charge in [0.25, 0.3) is 0 Å². The van der Waals surface area contributed by atoms with Gasteiger partial charge in [0.05, 0.1) is 0 Å². The molecule has 1 saturated heterocycles. The number of nitrogens with one attached hydrogen (secondary N) is 1. The van der Waals surface area contributed by atoms with Crippen LogP contribution in [0.25, 0.3) is 0 Å². The fraction of sp³-hybridized carbons (Fsp3) is 0.533. The van der Waals surface area contributed by atoms with E-state index in [1.165, 1.54) is 12.0 Å². The summed E-state index contributed by atoms with van der Waals surface area (Å²) in [5.41, 5.74) is 1.21. The number of hydrogen-bond donors (Lipinski definition) is 1. The predicted octanol–water partition coefficient (Wildman–Crippen LogP) is 3.01. The number of halogens is 2. The highest BCUT2D eigenvalue weighted by molar-refractivity contribution is 9.10. The SMILES string of the molecule is CNC1CCCN(C(=O)CCc2cccc(Br)c2)C1.Cl. The summed E-state index contributed by atoms with van der Waals surface area (Å²) >= 11 is 3.46. The van der Waals surface area contributed by atoms with Gasteiger partial charge in [-0.3, -0.25) is 4.79 Å². The standard InChI is InChI=1S/C15H21BrN2O.ClH/c1-17-14-6-3-9-18(11-14)15(19)8-7-12-4-2-5-13(16)10-12;/h2,4-5,10,14,17H,3,6-9,11H2,1H3;1H. The van der Waals surface area contributed by atoms with E-state index in [0.29, 0.717) is 12.5 Å². The molecule has 3 nitrogen and oxygen atoms in total. The van der Waals surface area contributed by atoms with Crippen LogP contribution < -0.4 is 5.32 Å². The summed E-state index contributed by atoms with van der Waals surface area (Å²) in [4.78, 5) is 14.2. The molecule has 0 aliphatic carbocycles. The average Bonchev–Trinajstić information content (AvgIpc) is 2.45. The normalized spacial score (nSPS) is 18.5. The fourth-order valence-corrected chi connectivity index (χ4v) is 2.99. The molecule has 1 unspecified atom stereocenters. The first-order valence-corrected chi connectivity index (χ1v) is 7.68. The molecule has 0 bridgehead atoms. The molecule has 0 aromatic heterocycles. The molecule has 1 amide bonds. The molecule has 1 heterocycles. The van der Waals surface area contributed by atoms with Gasteiger partial charge in [0.15, 0.2) is 0 Å². The molecule has 0 radical (unpaired) electrons. The third-order valence-electron chi connectivity index (χ3n) is 3.70. The molecule has 0 saturated carbocycles. The van der Waals surface area contributed by atoms with Crippen LogP contribution in [0.5, 0.6) is 0 Å². The number of benzene rings is 1. The highest BCUT2D eigenvalue weighted by atomic mass is 79.9. The van der Waals surface area contributed by atoms with Crippen LogP contribution in [0.2, 0.25) is 0 Å². The lowest BCUT2D eigenvalue weighted by molar-refractivity contribution is -0.132. The van der Waals surface area contributed by atoms with Gasteiger partial charge in [-0.2, -0.15) is 0 Å². The van der Waals surface area contributed by atoms with Crippen molar-refractivity contribution in [2.75, 3.05) is 20.1 Å². The number of amides is 1. The molecule has 1 fully saturated rings. The highest BCUT2D eigenvalue weighted by Crippen LogP contribution is 2.15. The van der Waals surface area contributed by atoms with Gasteiger partial charge >= 0.3 is 0 Å². The van der Waals surface area contributed by atoms with E-state index in [-0.39, 0.29) is 18.3 Å². The van der Waals surface area contributed by atoms with Crippen LogP contribution in [-0.4, -0.2) is 37.0 Å². The minimum absolute atomic E-state index is 0. The zero-order chi connectivity index (χ0) is 13.7. The third-order valence-corrected chi connectivity index (χ3v) is 4.19. The number of likely N-dealkylation sites (N-methyl/N-ethyl adjacent to an activating group) is 1. The molecule has 1 aliphatic rings. The quantitative estimate of drug-likeness (QED) is 0.894. The van der Waals surface area contributed by atoms with Gasteiger partial charge in [-0.25, -0.2) is 0 Å². The number of rotatable bonds is 4. The predicted molar refractivity (Wildman–Crippen MR) is 88.4 cm³/mol. The summed E-state index contributed by atoms with van der Waals surface area (Å²) < 4.78 is 1.07. The lowest BCUT2D eigenvalue weighted by Gasteiger charge is -2.32. The second-order valence-electron chi connectivity index (χ2n) is 5.10. The Kier molecular flexibility index (Phi) is 7.56. The largest absolute Gasteiger partial charge is 0.341 e. The monoisotopic (exact) mass is 360 g/mol. The molecule has 112 valence electrons. The Hall–Kier alpha value is -0.580. The Morgan fingerprint density at radius 2 is 2.30 bits per heavy atom. The maximum Gasteiger partial charge on any atom is 0.222 e. The smallest absolute Gasteiger partial charge is 0.222 e. The van der Waals surface area contributed by atoms with Crippen molar-refractivity contribution < 1.29 is 4.79 Å². The molecule has 2 rings (SSSR count). The number of nitrogens with zero attached hydrogens (tertiary/aromatic N) is 1. The number of likely N-dealkylation sites (tertiary alicyclic amines) is 1. The van der Waals surface area contributed by atoms with Gasteiger partial charge in [0.2, 0.25) is 5.91 Å². The average molecular weight is 362 g/mol. The number of hydrogen-bond acceptors (Lipinski definition) is 2. The third kappa shape index (κ3) is 5.08. The zero-order valence-electron chi connectivity index (χ0n) is 11.8. The summed E-state index contributed by atoms with van der Waals surface area (Å²) in [6.45, 7) is 1.77. The van der Waals surface area contributed by atoms with Gasteiger partial charge in [-0.1, -0.05) is 28.1 Å². The van der Waals surface area contributed by atoms with Crippen molar-refractivity contribution in [2.24, 2.45) is 0 Å². The van der Waals surface area contributed by atoms with Gasteiger partial charge in [0, 0.05) is 30.0 Å². The van der Waals surface area contributed by atoms with Crippen molar-refractivity contribution in [1.82, 2.24) is 10.2 Å². The van der Waals surface area contributed by atoms with Crippen LogP contribution in [0.3, 0.4) is 0 Å². The summed E-state index contributed by atoms with van der Waals surface area (Å²) in [7, 11) is 1.97. The van der Waals surface area contributed by atoms with Crippen LogP contribution in [0.15, 0.2) is 28.7 Å². The van der Waals surface area contributed by atoms with E-state index in [9.17, 15) is 4.79 Å². The number of carbonyl (C=O) groups is 1.